The summed E-state index contributed by atoms with van der Waals surface area (Å²) in [6.45, 7) is 4.25. The minimum absolute atomic E-state index is 0.00903. The Bertz CT molecular complexity index is 268. The third-order valence-electron chi connectivity index (χ3n) is 2.17. The Hall–Kier alpha value is -0.530. The van der Waals surface area contributed by atoms with Gasteiger partial charge in [-0.2, -0.15) is 0 Å². The van der Waals surface area contributed by atoms with Crippen LogP contribution in [0.2, 0.25) is 5.02 Å². The van der Waals surface area contributed by atoms with Crippen LogP contribution in [0.4, 0.5) is 0 Å². The first-order chi connectivity index (χ1) is 5.56. The van der Waals surface area contributed by atoms with Crippen LogP contribution in [-0.2, 0) is 5.54 Å². The molecule has 1 aromatic rings. The standard InChI is InChI=1S/C10H14ClN/c1-10(2,12-3)8-5-4-6-9(11)7-8/h4-7,12H,1-3H3. The van der Waals surface area contributed by atoms with Crippen LogP contribution in [0.15, 0.2) is 24.3 Å². The minimum Gasteiger partial charge on any atom is -0.311 e. The van der Waals surface area contributed by atoms with Gasteiger partial charge >= 0.3 is 0 Å². The maximum Gasteiger partial charge on any atom is 0.0409 e. The zero-order chi connectivity index (χ0) is 9.19. The number of hydrogen-bond donors (Lipinski definition) is 1. The van der Waals surface area contributed by atoms with Crippen molar-refractivity contribution < 1.29 is 0 Å². The molecule has 2 heteroatoms. The molecule has 0 aromatic heterocycles. The van der Waals surface area contributed by atoms with Gasteiger partial charge in [0.1, 0.15) is 0 Å². The molecule has 0 fully saturated rings. The lowest BCUT2D eigenvalue weighted by Gasteiger charge is -2.24. The van der Waals surface area contributed by atoms with Crippen LogP contribution in [-0.4, -0.2) is 7.05 Å². The first-order valence-corrected chi connectivity index (χ1v) is 4.39. The summed E-state index contributed by atoms with van der Waals surface area (Å²) in [5.41, 5.74) is 1.20. The van der Waals surface area contributed by atoms with Crippen LogP contribution in [0.1, 0.15) is 19.4 Å². The summed E-state index contributed by atoms with van der Waals surface area (Å²) in [5, 5.41) is 4.01. The largest absolute Gasteiger partial charge is 0.311 e. The summed E-state index contributed by atoms with van der Waals surface area (Å²) in [6, 6.07) is 7.91. The molecule has 0 radical (unpaired) electrons. The van der Waals surface area contributed by atoms with E-state index in [4.69, 9.17) is 11.6 Å². The lowest BCUT2D eigenvalue weighted by Crippen LogP contribution is -2.32. The quantitative estimate of drug-likeness (QED) is 0.744. The molecule has 0 aliphatic heterocycles. The monoisotopic (exact) mass is 183 g/mol. The second-order valence-electron chi connectivity index (χ2n) is 3.39. The summed E-state index contributed by atoms with van der Waals surface area (Å²) in [5.74, 6) is 0. The Morgan fingerprint density at radius 1 is 1.33 bits per heavy atom. The summed E-state index contributed by atoms with van der Waals surface area (Å²) in [4.78, 5) is 0. The van der Waals surface area contributed by atoms with Crippen LogP contribution in [0.3, 0.4) is 0 Å². The van der Waals surface area contributed by atoms with E-state index in [9.17, 15) is 0 Å². The molecule has 1 nitrogen and oxygen atoms in total. The van der Waals surface area contributed by atoms with Crippen LogP contribution in [0, 0.1) is 0 Å². The van der Waals surface area contributed by atoms with E-state index in [1.54, 1.807) is 0 Å². The molecule has 0 unspecified atom stereocenters. The van der Waals surface area contributed by atoms with E-state index < -0.39 is 0 Å². The smallest absolute Gasteiger partial charge is 0.0409 e. The van der Waals surface area contributed by atoms with E-state index in [1.807, 2.05) is 25.2 Å². The third-order valence-corrected chi connectivity index (χ3v) is 2.41. The molecule has 0 aliphatic rings. The van der Waals surface area contributed by atoms with Crippen LogP contribution in [0.25, 0.3) is 0 Å². The van der Waals surface area contributed by atoms with Gasteiger partial charge in [0.05, 0.1) is 0 Å². The highest BCUT2D eigenvalue weighted by molar-refractivity contribution is 6.30. The normalized spacial score (nSPS) is 11.7. The lowest BCUT2D eigenvalue weighted by atomic mass is 9.95. The van der Waals surface area contributed by atoms with Crippen molar-refractivity contribution in [1.29, 1.82) is 0 Å². The van der Waals surface area contributed by atoms with Gasteiger partial charge in [0.2, 0.25) is 0 Å². The maximum atomic E-state index is 5.88. The molecule has 0 saturated heterocycles. The Kier molecular flexibility index (Phi) is 2.76. The lowest BCUT2D eigenvalue weighted by molar-refractivity contribution is 0.445. The van der Waals surface area contributed by atoms with Crippen molar-refractivity contribution in [3.63, 3.8) is 0 Å². The Labute approximate surface area is 78.7 Å². The Morgan fingerprint density at radius 3 is 2.50 bits per heavy atom. The van der Waals surface area contributed by atoms with Crippen molar-refractivity contribution in [2.75, 3.05) is 7.05 Å². The van der Waals surface area contributed by atoms with Gasteiger partial charge in [-0.15, -0.1) is 0 Å². The van der Waals surface area contributed by atoms with E-state index in [1.165, 1.54) is 5.56 Å². The van der Waals surface area contributed by atoms with Crippen molar-refractivity contribution in [3.05, 3.63) is 34.9 Å². The number of nitrogens with one attached hydrogen (secondary N) is 1. The fourth-order valence-electron chi connectivity index (χ4n) is 1.02. The topological polar surface area (TPSA) is 12.0 Å². The summed E-state index contributed by atoms with van der Waals surface area (Å²) in [6.07, 6.45) is 0. The molecule has 1 rings (SSSR count). The van der Waals surface area contributed by atoms with Gasteiger partial charge in [-0.25, -0.2) is 0 Å². The summed E-state index contributed by atoms with van der Waals surface area (Å²) in [7, 11) is 1.95. The Balaban J connectivity index is 3.03. The van der Waals surface area contributed by atoms with Gasteiger partial charge in [0, 0.05) is 10.6 Å². The fourth-order valence-corrected chi connectivity index (χ4v) is 1.21. The molecule has 1 N–H and O–H groups in total. The highest BCUT2D eigenvalue weighted by Gasteiger charge is 2.16. The first-order valence-electron chi connectivity index (χ1n) is 4.01. The number of hydrogen-bond acceptors (Lipinski definition) is 1. The van der Waals surface area contributed by atoms with Gasteiger partial charge in [0.15, 0.2) is 0 Å². The van der Waals surface area contributed by atoms with E-state index in [0.717, 1.165) is 5.02 Å². The second-order valence-corrected chi connectivity index (χ2v) is 3.82. The average molecular weight is 184 g/mol. The van der Waals surface area contributed by atoms with Crippen LogP contribution < -0.4 is 5.32 Å². The van der Waals surface area contributed by atoms with E-state index in [0.29, 0.717) is 0 Å². The predicted octanol–water partition coefficient (Wildman–Crippen LogP) is 2.79. The van der Waals surface area contributed by atoms with Crippen molar-refractivity contribution in [3.8, 4) is 0 Å². The molecule has 12 heavy (non-hydrogen) atoms. The van der Waals surface area contributed by atoms with Gasteiger partial charge in [-0.1, -0.05) is 23.7 Å². The minimum atomic E-state index is -0.00903. The van der Waals surface area contributed by atoms with Crippen LogP contribution >= 0.6 is 11.6 Å². The van der Waals surface area contributed by atoms with Crippen LogP contribution in [0.5, 0.6) is 0 Å². The van der Waals surface area contributed by atoms with Crippen molar-refractivity contribution >= 4 is 11.6 Å². The van der Waals surface area contributed by atoms with Gasteiger partial charge in [0.25, 0.3) is 0 Å². The molecule has 0 aliphatic carbocycles. The molecule has 0 saturated carbocycles. The number of rotatable bonds is 2. The molecule has 0 bridgehead atoms. The molecule has 0 spiro atoms. The molecule has 0 heterocycles. The van der Waals surface area contributed by atoms with Gasteiger partial charge < -0.3 is 5.32 Å². The van der Waals surface area contributed by atoms with Crippen molar-refractivity contribution in [1.82, 2.24) is 5.32 Å². The fraction of sp³-hybridized carbons (Fsp3) is 0.400. The Morgan fingerprint density at radius 2 is 2.00 bits per heavy atom. The third kappa shape index (κ3) is 1.99. The molecular formula is C10H14ClN. The second kappa shape index (κ2) is 3.46. The van der Waals surface area contributed by atoms with E-state index in [-0.39, 0.29) is 5.54 Å². The molecule has 0 atom stereocenters. The predicted molar refractivity (Wildman–Crippen MR) is 53.5 cm³/mol. The van der Waals surface area contributed by atoms with E-state index >= 15 is 0 Å². The average Bonchev–Trinajstić information content (AvgIpc) is 2.05. The first kappa shape index (κ1) is 9.56. The number of benzene rings is 1. The summed E-state index contributed by atoms with van der Waals surface area (Å²) < 4.78 is 0. The van der Waals surface area contributed by atoms with E-state index in [2.05, 4.69) is 25.2 Å². The summed E-state index contributed by atoms with van der Waals surface area (Å²) >= 11 is 5.88. The molecular weight excluding hydrogens is 170 g/mol. The zero-order valence-electron chi connectivity index (χ0n) is 7.69. The van der Waals surface area contributed by atoms with Gasteiger partial charge in [-0.3, -0.25) is 0 Å². The SMILES string of the molecule is CNC(C)(C)c1cccc(Cl)c1. The molecule has 1 aromatic carbocycles. The zero-order valence-corrected chi connectivity index (χ0v) is 8.44. The molecule has 66 valence electrons. The van der Waals surface area contributed by atoms with Crippen molar-refractivity contribution in [2.45, 2.75) is 19.4 Å². The maximum absolute atomic E-state index is 5.88. The highest BCUT2D eigenvalue weighted by Crippen LogP contribution is 2.21. The van der Waals surface area contributed by atoms with Gasteiger partial charge in [-0.05, 0) is 38.6 Å². The highest BCUT2D eigenvalue weighted by atomic mass is 35.5. The molecule has 0 amide bonds. The number of halogens is 1. The van der Waals surface area contributed by atoms with Crippen molar-refractivity contribution in [2.24, 2.45) is 0 Å².